The number of carbonyl (C=O) groups is 1. The predicted octanol–water partition coefficient (Wildman–Crippen LogP) is 8.51. The molecule has 11 heteroatoms. The van der Waals surface area contributed by atoms with Gasteiger partial charge in [0.2, 0.25) is 0 Å². The Hall–Kier alpha value is -6.23. The molecule has 0 saturated heterocycles. The molecule has 1 unspecified atom stereocenters. The van der Waals surface area contributed by atoms with E-state index in [9.17, 15) is 18.0 Å². The maximum absolute atomic E-state index is 14.0. The summed E-state index contributed by atoms with van der Waals surface area (Å²) in [5.74, 6) is 1.31. The van der Waals surface area contributed by atoms with Crippen LogP contribution in [0.4, 0.5) is 24.7 Å². The quantitative estimate of drug-likeness (QED) is 0.151. The fourth-order valence-electron chi connectivity index (χ4n) is 5.72. The zero-order valence-electron chi connectivity index (χ0n) is 28.1. The zero-order chi connectivity index (χ0) is 36.1. The van der Waals surface area contributed by atoms with Gasteiger partial charge in [0, 0.05) is 41.0 Å². The number of aromatic nitrogens is 1. The van der Waals surface area contributed by atoms with Crippen molar-refractivity contribution in [1.29, 1.82) is 0 Å². The lowest BCUT2D eigenvalue weighted by Crippen LogP contribution is -2.37. The van der Waals surface area contributed by atoms with Crippen molar-refractivity contribution >= 4 is 23.0 Å². The van der Waals surface area contributed by atoms with Crippen molar-refractivity contribution in [1.82, 2.24) is 9.88 Å². The molecule has 1 aliphatic heterocycles. The molecule has 8 nitrogen and oxygen atoms in total. The number of alkyl halides is 3. The number of anilines is 2. The molecule has 51 heavy (non-hydrogen) atoms. The lowest BCUT2D eigenvalue weighted by molar-refractivity contribution is -0.136. The molecule has 4 aromatic carbocycles. The van der Waals surface area contributed by atoms with Crippen LogP contribution in [-0.2, 0) is 4.79 Å². The van der Waals surface area contributed by atoms with Crippen molar-refractivity contribution in [3.8, 4) is 39.5 Å². The van der Waals surface area contributed by atoms with Crippen LogP contribution < -0.4 is 25.3 Å². The van der Waals surface area contributed by atoms with Gasteiger partial charge in [0.05, 0.1) is 19.8 Å². The summed E-state index contributed by atoms with van der Waals surface area (Å²) in [5, 5.41) is 2.85. The van der Waals surface area contributed by atoms with Crippen molar-refractivity contribution in [2.45, 2.75) is 19.2 Å². The fourth-order valence-corrected chi connectivity index (χ4v) is 5.72. The minimum absolute atomic E-state index is 0.00122. The van der Waals surface area contributed by atoms with Gasteiger partial charge in [-0.15, -0.1) is 0 Å². The Morgan fingerprint density at radius 3 is 2.16 bits per heavy atom. The van der Waals surface area contributed by atoms with Crippen LogP contribution in [0, 0.1) is 6.92 Å². The molecule has 0 saturated carbocycles. The molecule has 1 aromatic heterocycles. The van der Waals surface area contributed by atoms with Crippen LogP contribution in [0.15, 0.2) is 127 Å². The summed E-state index contributed by atoms with van der Waals surface area (Å²) in [6.45, 7) is 0.626. The summed E-state index contributed by atoms with van der Waals surface area (Å²) in [6, 6.07) is 30.5. The maximum Gasteiger partial charge on any atom is 0.406 e. The highest BCUT2D eigenvalue weighted by Gasteiger charge is 2.36. The van der Waals surface area contributed by atoms with Gasteiger partial charge < -0.3 is 30.2 Å². The number of nitrogens with two attached hydrogens (primary N) is 1. The summed E-state index contributed by atoms with van der Waals surface area (Å²) in [7, 11) is 3.13. The van der Waals surface area contributed by atoms with E-state index in [1.807, 2.05) is 43.3 Å². The van der Waals surface area contributed by atoms with Crippen LogP contribution in [0.3, 0.4) is 0 Å². The van der Waals surface area contributed by atoms with Gasteiger partial charge in [-0.25, -0.2) is 4.98 Å². The molecule has 0 aliphatic carbocycles. The number of amides is 1. The van der Waals surface area contributed by atoms with Crippen LogP contribution >= 0.6 is 0 Å². The Bertz CT molecular complexity index is 2080. The van der Waals surface area contributed by atoms with E-state index >= 15 is 0 Å². The third-order valence-corrected chi connectivity index (χ3v) is 8.27. The van der Waals surface area contributed by atoms with Crippen molar-refractivity contribution in [3.05, 3.63) is 138 Å². The number of benzene rings is 4. The molecule has 260 valence electrons. The molecule has 1 amide bonds. The summed E-state index contributed by atoms with van der Waals surface area (Å²) in [4.78, 5) is 19.3. The van der Waals surface area contributed by atoms with Crippen LogP contribution in [-0.4, -0.2) is 48.8 Å². The van der Waals surface area contributed by atoms with E-state index in [4.69, 9.17) is 19.9 Å². The molecule has 1 aliphatic rings. The highest BCUT2D eigenvalue weighted by atomic mass is 19.4. The Morgan fingerprint density at radius 2 is 1.49 bits per heavy atom. The summed E-state index contributed by atoms with van der Waals surface area (Å²) >= 11 is 0. The van der Waals surface area contributed by atoms with E-state index in [0.29, 0.717) is 45.5 Å². The second kappa shape index (κ2) is 14.7. The second-order valence-electron chi connectivity index (χ2n) is 11.9. The molecular formula is C40H35F3N4O4. The number of nitrogens with one attached hydrogen (secondary N) is 1. The number of halogens is 3. The molecule has 5 aromatic rings. The minimum Gasteiger partial charge on any atom is -0.493 e. The van der Waals surface area contributed by atoms with Crippen molar-refractivity contribution < 1.29 is 32.2 Å². The van der Waals surface area contributed by atoms with E-state index in [1.54, 1.807) is 87.1 Å². The van der Waals surface area contributed by atoms with Gasteiger partial charge >= 0.3 is 6.18 Å². The number of rotatable bonds is 10. The van der Waals surface area contributed by atoms with Gasteiger partial charge in [-0.3, -0.25) is 4.79 Å². The number of para-hydroxylation sites is 1. The van der Waals surface area contributed by atoms with Gasteiger partial charge in [-0.1, -0.05) is 66.2 Å². The van der Waals surface area contributed by atoms with Crippen LogP contribution in [0.5, 0.6) is 17.2 Å². The molecule has 2 heterocycles. The highest BCUT2D eigenvalue weighted by Crippen LogP contribution is 2.37. The van der Waals surface area contributed by atoms with Crippen LogP contribution in [0.2, 0.25) is 0 Å². The first kappa shape index (κ1) is 34.6. The molecule has 3 N–H and O–H groups in total. The largest absolute Gasteiger partial charge is 0.493 e. The van der Waals surface area contributed by atoms with Gasteiger partial charge in [0.25, 0.3) is 5.91 Å². The first-order chi connectivity index (χ1) is 24.5. The van der Waals surface area contributed by atoms with Crippen LogP contribution in [0.1, 0.15) is 11.1 Å². The summed E-state index contributed by atoms with van der Waals surface area (Å²) in [6.07, 6.45) is -1.30. The van der Waals surface area contributed by atoms with E-state index in [2.05, 4.69) is 10.3 Å². The summed E-state index contributed by atoms with van der Waals surface area (Å²) < 4.78 is 58.2. The first-order valence-corrected chi connectivity index (χ1v) is 16.0. The standard InChI is InChI=1S/C40H35F3N4O4/c1-25-9-11-27(12-10-25)33-22-47(24-40(41,42)43)23-34(37(33)51-31-7-5-4-6-8-31)39(48)46-30-16-13-26(14-17-30)32-19-29(21-45-38(32)44)28-15-18-35(49-2)36(20-28)50-3/h4-23,37H,24H2,1-3H3,(H2,44,45)(H,46,48). The average Bonchev–Trinajstić information content (AvgIpc) is 3.12. The fraction of sp³-hybridized carbons (Fsp3) is 0.150. The number of hydrogen-bond acceptors (Lipinski definition) is 7. The Balaban J connectivity index is 1.30. The first-order valence-electron chi connectivity index (χ1n) is 16.0. The molecule has 1 atom stereocenters. The predicted molar refractivity (Wildman–Crippen MR) is 192 cm³/mol. The van der Waals surface area contributed by atoms with Gasteiger partial charge in [-0.2, -0.15) is 13.2 Å². The van der Waals surface area contributed by atoms with Crippen molar-refractivity contribution in [3.63, 3.8) is 0 Å². The number of hydrogen-bond donors (Lipinski definition) is 2. The average molecular weight is 693 g/mol. The second-order valence-corrected chi connectivity index (χ2v) is 11.9. The number of methoxy groups -OCH3 is 2. The van der Waals surface area contributed by atoms with Crippen LogP contribution in [0.25, 0.3) is 27.8 Å². The van der Waals surface area contributed by atoms with E-state index in [0.717, 1.165) is 27.2 Å². The van der Waals surface area contributed by atoms with Crippen molar-refractivity contribution in [2.75, 3.05) is 31.8 Å². The van der Waals surface area contributed by atoms with E-state index in [-0.39, 0.29) is 5.57 Å². The zero-order valence-corrected chi connectivity index (χ0v) is 28.1. The minimum atomic E-state index is -4.52. The number of carbonyl (C=O) groups excluding carboxylic acids is 1. The van der Waals surface area contributed by atoms with Crippen molar-refractivity contribution in [2.24, 2.45) is 0 Å². The smallest absolute Gasteiger partial charge is 0.406 e. The molecule has 0 radical (unpaired) electrons. The SMILES string of the molecule is COc1ccc(-c2cnc(N)c(-c3ccc(NC(=O)C4=CN(CC(F)(F)F)C=C(c5ccc(C)cc5)C4Oc4ccccc4)cc3)c2)cc1OC. The van der Waals surface area contributed by atoms with E-state index in [1.165, 1.54) is 12.4 Å². The Labute approximate surface area is 293 Å². The molecular weight excluding hydrogens is 657 g/mol. The lowest BCUT2D eigenvalue weighted by Gasteiger charge is -2.32. The molecule has 0 bridgehead atoms. The third kappa shape index (κ3) is 8.16. The molecule has 6 rings (SSSR count). The Morgan fingerprint density at radius 1 is 0.824 bits per heavy atom. The van der Waals surface area contributed by atoms with Gasteiger partial charge in [0.15, 0.2) is 17.6 Å². The number of pyridine rings is 1. The number of aryl methyl sites for hydroxylation is 1. The normalized spacial score (nSPS) is 14.3. The molecule has 0 fully saturated rings. The third-order valence-electron chi connectivity index (χ3n) is 8.27. The van der Waals surface area contributed by atoms with E-state index < -0.39 is 24.7 Å². The monoisotopic (exact) mass is 692 g/mol. The highest BCUT2D eigenvalue weighted by molar-refractivity contribution is 6.07. The summed E-state index contributed by atoms with van der Waals surface area (Å²) in [5.41, 5.74) is 11.8. The Kier molecular flexibility index (Phi) is 9.99. The number of nitrogens with zero attached hydrogens (tertiary/aromatic N) is 2. The molecule has 0 spiro atoms. The number of ether oxygens (including phenoxy) is 3. The topological polar surface area (TPSA) is 98.9 Å². The lowest BCUT2D eigenvalue weighted by atomic mass is 9.92. The number of nitrogen functional groups attached to an aromatic ring is 1. The van der Waals surface area contributed by atoms with Gasteiger partial charge in [0.1, 0.15) is 18.1 Å². The maximum atomic E-state index is 14.0. The van der Waals surface area contributed by atoms with Gasteiger partial charge in [-0.05, 0) is 66.1 Å².